The van der Waals surface area contributed by atoms with Crippen molar-refractivity contribution >= 4 is 23.6 Å². The van der Waals surface area contributed by atoms with Gasteiger partial charge in [-0.3, -0.25) is 9.59 Å². The Balaban J connectivity index is 2.06. The number of rotatable bonds is 10. The second kappa shape index (κ2) is 11.5. The Morgan fingerprint density at radius 2 is 1.69 bits per heavy atom. The van der Waals surface area contributed by atoms with Crippen LogP contribution < -0.4 is 10.1 Å². The number of carbonyl (C=O) groups excluding carboxylic acids is 2. The lowest BCUT2D eigenvalue weighted by molar-refractivity contribution is -0.140. The van der Waals surface area contributed by atoms with Gasteiger partial charge in [0, 0.05) is 29.7 Å². The molecule has 2 aromatic rings. The molecule has 5 nitrogen and oxygen atoms in total. The molecule has 1 atom stereocenters. The van der Waals surface area contributed by atoms with Gasteiger partial charge in [0.15, 0.2) is 0 Å². The lowest BCUT2D eigenvalue weighted by Gasteiger charge is -2.29. The zero-order chi connectivity index (χ0) is 21.2. The van der Waals surface area contributed by atoms with E-state index < -0.39 is 6.04 Å². The Hall–Kier alpha value is -2.47. The van der Waals surface area contributed by atoms with Crippen molar-refractivity contribution in [3.63, 3.8) is 0 Å². The minimum absolute atomic E-state index is 0.0246. The van der Waals surface area contributed by atoms with Gasteiger partial charge in [0.25, 0.3) is 0 Å². The monoisotopic (exact) mass is 414 g/mol. The zero-order valence-electron chi connectivity index (χ0n) is 17.6. The van der Waals surface area contributed by atoms with E-state index in [2.05, 4.69) is 5.32 Å². The van der Waals surface area contributed by atoms with E-state index in [1.54, 1.807) is 30.7 Å². The second-order valence-corrected chi connectivity index (χ2v) is 8.29. The number of ether oxygens (including phenoxy) is 1. The Morgan fingerprint density at radius 3 is 2.28 bits per heavy atom. The van der Waals surface area contributed by atoms with Gasteiger partial charge in [-0.15, -0.1) is 11.8 Å². The average Bonchev–Trinajstić information content (AvgIpc) is 2.72. The molecule has 0 fully saturated rings. The third-order valence-electron chi connectivity index (χ3n) is 4.44. The molecule has 0 radical (unpaired) electrons. The van der Waals surface area contributed by atoms with E-state index in [-0.39, 0.29) is 17.9 Å². The summed E-state index contributed by atoms with van der Waals surface area (Å²) in [7, 11) is 1.62. The van der Waals surface area contributed by atoms with Crippen molar-refractivity contribution in [3.8, 4) is 5.75 Å². The van der Waals surface area contributed by atoms with Gasteiger partial charge >= 0.3 is 0 Å². The number of amides is 2. The lowest BCUT2D eigenvalue weighted by atomic mass is 10.1. The lowest BCUT2D eigenvalue weighted by Crippen LogP contribution is -2.49. The summed E-state index contributed by atoms with van der Waals surface area (Å²) in [6.07, 6.45) is 0.370. The van der Waals surface area contributed by atoms with Crippen LogP contribution in [0.15, 0.2) is 59.5 Å². The zero-order valence-corrected chi connectivity index (χ0v) is 18.4. The van der Waals surface area contributed by atoms with Crippen molar-refractivity contribution in [3.05, 3.63) is 60.2 Å². The van der Waals surface area contributed by atoms with Crippen LogP contribution in [0.1, 0.15) is 32.8 Å². The third-order valence-corrected chi connectivity index (χ3v) is 5.45. The molecule has 0 bridgehead atoms. The molecule has 0 heterocycles. The van der Waals surface area contributed by atoms with Crippen molar-refractivity contribution in [2.45, 2.75) is 50.7 Å². The van der Waals surface area contributed by atoms with Crippen LogP contribution in [0, 0.1) is 0 Å². The highest BCUT2D eigenvalue weighted by atomic mass is 32.2. The van der Waals surface area contributed by atoms with Crippen LogP contribution >= 0.6 is 11.8 Å². The predicted molar refractivity (Wildman–Crippen MR) is 118 cm³/mol. The number of thioether (sulfide) groups is 1. The number of nitrogens with zero attached hydrogens (tertiary/aromatic N) is 1. The standard InChI is InChI=1S/C23H30N2O3S/c1-17(2)24-23(27)18(3)25(16-19-10-12-20(28-4)13-11-19)22(26)14-15-29-21-8-6-5-7-9-21/h5-13,17-18H,14-16H2,1-4H3,(H,24,27)/t18-/m0/s1. The summed E-state index contributed by atoms with van der Waals surface area (Å²) in [5, 5.41) is 2.91. The first kappa shape index (κ1) is 22.8. The molecule has 0 unspecified atom stereocenters. The van der Waals surface area contributed by atoms with Gasteiger partial charge in [-0.05, 0) is 50.6 Å². The Kier molecular flexibility index (Phi) is 9.06. The topological polar surface area (TPSA) is 58.6 Å². The number of benzene rings is 2. The SMILES string of the molecule is COc1ccc(CN(C(=O)CCSc2ccccc2)[C@@H](C)C(=O)NC(C)C)cc1. The molecule has 0 aliphatic heterocycles. The minimum Gasteiger partial charge on any atom is -0.497 e. The number of methoxy groups -OCH3 is 1. The molecule has 0 saturated heterocycles. The molecule has 6 heteroatoms. The number of hydrogen-bond acceptors (Lipinski definition) is 4. The van der Waals surface area contributed by atoms with Crippen molar-refractivity contribution in [1.82, 2.24) is 10.2 Å². The summed E-state index contributed by atoms with van der Waals surface area (Å²) >= 11 is 1.64. The van der Waals surface area contributed by atoms with Gasteiger partial charge in [-0.2, -0.15) is 0 Å². The van der Waals surface area contributed by atoms with Gasteiger partial charge in [-0.1, -0.05) is 30.3 Å². The fourth-order valence-corrected chi connectivity index (χ4v) is 3.69. The highest BCUT2D eigenvalue weighted by molar-refractivity contribution is 7.99. The van der Waals surface area contributed by atoms with Gasteiger partial charge < -0.3 is 15.0 Å². The molecular weight excluding hydrogens is 384 g/mol. The van der Waals surface area contributed by atoms with Crippen molar-refractivity contribution < 1.29 is 14.3 Å². The Morgan fingerprint density at radius 1 is 1.03 bits per heavy atom. The summed E-state index contributed by atoms with van der Waals surface area (Å²) in [6.45, 7) is 5.99. The molecule has 0 aliphatic rings. The van der Waals surface area contributed by atoms with Crippen molar-refractivity contribution in [1.29, 1.82) is 0 Å². The van der Waals surface area contributed by atoms with E-state index in [0.717, 1.165) is 16.2 Å². The third kappa shape index (κ3) is 7.46. The molecule has 156 valence electrons. The molecule has 0 spiro atoms. The Labute approximate surface area is 177 Å². The van der Waals surface area contributed by atoms with E-state index in [1.807, 2.05) is 68.4 Å². The molecule has 2 rings (SSSR count). The molecule has 2 aromatic carbocycles. The Bertz CT molecular complexity index is 778. The van der Waals surface area contributed by atoms with E-state index in [9.17, 15) is 9.59 Å². The van der Waals surface area contributed by atoms with Crippen LogP contribution in [0.25, 0.3) is 0 Å². The quantitative estimate of drug-likeness (QED) is 0.594. The molecule has 1 N–H and O–H groups in total. The van der Waals surface area contributed by atoms with Gasteiger partial charge in [0.05, 0.1) is 7.11 Å². The van der Waals surface area contributed by atoms with Gasteiger partial charge in [0.2, 0.25) is 11.8 Å². The van der Waals surface area contributed by atoms with Gasteiger partial charge in [-0.25, -0.2) is 0 Å². The van der Waals surface area contributed by atoms with E-state index >= 15 is 0 Å². The van der Waals surface area contributed by atoms with Crippen LogP contribution in [0.3, 0.4) is 0 Å². The molecular formula is C23H30N2O3S. The second-order valence-electron chi connectivity index (χ2n) is 7.12. The van der Waals surface area contributed by atoms with Crippen molar-refractivity contribution in [2.75, 3.05) is 12.9 Å². The van der Waals surface area contributed by atoms with Crippen LogP contribution in [0.2, 0.25) is 0 Å². The number of hydrogen-bond donors (Lipinski definition) is 1. The summed E-state index contributed by atoms with van der Waals surface area (Å²) in [6, 6.07) is 17.1. The van der Waals surface area contributed by atoms with Gasteiger partial charge in [0.1, 0.15) is 11.8 Å². The summed E-state index contributed by atoms with van der Waals surface area (Å²) in [5.74, 6) is 1.25. The smallest absolute Gasteiger partial charge is 0.242 e. The fraction of sp³-hybridized carbons (Fsp3) is 0.391. The summed E-state index contributed by atoms with van der Waals surface area (Å²) < 4.78 is 5.20. The maximum atomic E-state index is 13.0. The molecule has 2 amide bonds. The first-order valence-electron chi connectivity index (χ1n) is 9.81. The first-order chi connectivity index (χ1) is 13.9. The largest absolute Gasteiger partial charge is 0.497 e. The van der Waals surface area contributed by atoms with E-state index in [4.69, 9.17) is 4.74 Å². The summed E-state index contributed by atoms with van der Waals surface area (Å²) in [4.78, 5) is 28.3. The van der Waals surface area contributed by atoms with Crippen LogP contribution in [-0.2, 0) is 16.1 Å². The first-order valence-corrected chi connectivity index (χ1v) is 10.8. The molecule has 0 aliphatic carbocycles. The highest BCUT2D eigenvalue weighted by Crippen LogP contribution is 2.20. The minimum atomic E-state index is -0.547. The van der Waals surface area contributed by atoms with E-state index in [1.165, 1.54) is 0 Å². The normalized spacial score (nSPS) is 11.8. The number of carbonyl (C=O) groups is 2. The molecule has 0 saturated carbocycles. The number of nitrogens with one attached hydrogen (secondary N) is 1. The van der Waals surface area contributed by atoms with Crippen LogP contribution in [0.5, 0.6) is 5.75 Å². The van der Waals surface area contributed by atoms with Crippen LogP contribution in [-0.4, -0.2) is 41.7 Å². The maximum Gasteiger partial charge on any atom is 0.242 e. The van der Waals surface area contributed by atoms with E-state index in [0.29, 0.717) is 18.7 Å². The molecule has 29 heavy (non-hydrogen) atoms. The summed E-state index contributed by atoms with van der Waals surface area (Å²) in [5.41, 5.74) is 0.957. The van der Waals surface area contributed by atoms with Crippen LogP contribution in [0.4, 0.5) is 0 Å². The highest BCUT2D eigenvalue weighted by Gasteiger charge is 2.26. The maximum absolute atomic E-state index is 13.0. The van der Waals surface area contributed by atoms with Crippen molar-refractivity contribution in [2.24, 2.45) is 0 Å². The predicted octanol–water partition coefficient (Wildman–Crippen LogP) is 4.12. The average molecular weight is 415 g/mol. The fourth-order valence-electron chi connectivity index (χ4n) is 2.83. The molecule has 0 aromatic heterocycles.